The van der Waals surface area contributed by atoms with E-state index in [2.05, 4.69) is 0 Å². The second-order valence-electron chi connectivity index (χ2n) is 6.52. The van der Waals surface area contributed by atoms with Crippen LogP contribution in [-0.4, -0.2) is 10.4 Å². The molecule has 25 heavy (non-hydrogen) atoms. The first-order valence-electron chi connectivity index (χ1n) is 7.38. The van der Waals surface area contributed by atoms with Gasteiger partial charge in [0.15, 0.2) is 5.78 Å². The molecule has 0 aliphatic heterocycles. The molecule has 2 aromatic rings. The molecule has 0 saturated heterocycles. The Kier molecular flexibility index (Phi) is 5.58. The van der Waals surface area contributed by atoms with Crippen LogP contribution in [0.4, 0.5) is 0 Å². The lowest BCUT2D eigenvalue weighted by Crippen LogP contribution is -2.32. The second-order valence-corrected chi connectivity index (χ2v) is 8.36. The zero-order valence-electron chi connectivity index (χ0n) is 14.2. The molecule has 0 bridgehead atoms. The van der Waals surface area contributed by atoms with E-state index in [1.54, 1.807) is 52.1 Å². The summed E-state index contributed by atoms with van der Waals surface area (Å²) in [6.07, 6.45) is 1.66. The molecule has 130 valence electrons. The number of ketones is 1. The monoisotopic (exact) mass is 394 g/mol. The third kappa shape index (κ3) is 4.04. The average molecular weight is 395 g/mol. The van der Waals surface area contributed by atoms with E-state index in [0.717, 1.165) is 11.3 Å². The van der Waals surface area contributed by atoms with Crippen LogP contribution < -0.4 is 14.8 Å². The van der Waals surface area contributed by atoms with Gasteiger partial charge in [-0.15, -0.1) is 11.3 Å². The fraction of sp³-hybridized carbons (Fsp3) is 0.278. The molecular formula is C18H16Cl2N2O2S. The third-order valence-corrected chi connectivity index (χ3v) is 5.42. The lowest BCUT2D eigenvalue weighted by Gasteiger charge is -2.15. The molecule has 4 nitrogen and oxygen atoms in total. The first kappa shape index (κ1) is 19.5. The van der Waals surface area contributed by atoms with Gasteiger partial charge in [-0.3, -0.25) is 9.59 Å². The smallest absolute Gasteiger partial charge is 0.268 e. The number of aromatic nitrogens is 1. The van der Waals surface area contributed by atoms with Crippen LogP contribution in [-0.2, 0) is 11.8 Å². The van der Waals surface area contributed by atoms with Gasteiger partial charge in [-0.25, -0.2) is 0 Å². The molecular weight excluding hydrogens is 379 g/mol. The number of halogens is 2. The molecule has 1 aromatic heterocycles. The molecule has 1 aromatic carbocycles. The minimum Gasteiger partial charge on any atom is -0.301 e. The van der Waals surface area contributed by atoms with Crippen LogP contribution in [0.5, 0.6) is 0 Å². The van der Waals surface area contributed by atoms with E-state index in [4.69, 9.17) is 23.2 Å². The van der Waals surface area contributed by atoms with E-state index < -0.39 is 5.41 Å². The van der Waals surface area contributed by atoms with Crippen molar-refractivity contribution < 1.29 is 4.79 Å². The number of Topliss-reactive ketones (excluding diaryl/α,β-unsaturated/α-hetero) is 1. The maximum atomic E-state index is 12.5. The van der Waals surface area contributed by atoms with E-state index in [1.165, 1.54) is 4.57 Å². The van der Waals surface area contributed by atoms with Gasteiger partial charge in [-0.1, -0.05) is 50.0 Å². The molecule has 7 heteroatoms. The molecule has 0 radical (unpaired) electrons. The summed E-state index contributed by atoms with van der Waals surface area (Å²) in [6.45, 7) is 5.21. The maximum Gasteiger partial charge on any atom is 0.268 e. The van der Waals surface area contributed by atoms with Crippen LogP contribution >= 0.6 is 34.5 Å². The zero-order chi connectivity index (χ0) is 18.9. The average Bonchev–Trinajstić information content (AvgIpc) is 2.79. The Labute approximate surface area is 159 Å². The first-order chi connectivity index (χ1) is 11.6. The summed E-state index contributed by atoms with van der Waals surface area (Å²) in [5.74, 6) is -0.298. The number of benzene rings is 1. The fourth-order valence-corrected chi connectivity index (χ4v) is 3.50. The molecule has 0 atom stereocenters. The van der Waals surface area contributed by atoms with Crippen molar-refractivity contribution in [3.05, 3.63) is 53.4 Å². The van der Waals surface area contributed by atoms with Gasteiger partial charge in [0.25, 0.3) is 5.56 Å². The van der Waals surface area contributed by atoms with Crippen molar-refractivity contribution in [3.63, 3.8) is 0 Å². The van der Waals surface area contributed by atoms with Gasteiger partial charge in [0, 0.05) is 12.5 Å². The van der Waals surface area contributed by atoms with Gasteiger partial charge in [0.2, 0.25) is 0 Å². The van der Waals surface area contributed by atoms with E-state index in [1.807, 2.05) is 6.07 Å². The zero-order valence-corrected chi connectivity index (χ0v) is 16.5. The summed E-state index contributed by atoms with van der Waals surface area (Å²) in [5.41, 5.74) is -0.287. The molecule has 0 N–H and O–H groups in total. The Morgan fingerprint density at radius 1 is 1.28 bits per heavy atom. The number of hydrogen-bond acceptors (Lipinski definition) is 4. The minimum atomic E-state index is -0.710. The number of nitriles is 1. The van der Waals surface area contributed by atoms with Crippen LogP contribution in [0.3, 0.4) is 0 Å². The molecule has 0 spiro atoms. The first-order valence-corrected chi connectivity index (χ1v) is 8.95. The number of rotatable bonds is 2. The molecule has 2 rings (SSSR count). The van der Waals surface area contributed by atoms with E-state index in [9.17, 15) is 14.9 Å². The second kappa shape index (κ2) is 7.17. The topological polar surface area (TPSA) is 62.9 Å². The molecule has 1 heterocycles. The predicted octanol–water partition coefficient (Wildman–Crippen LogP) is 2.87. The maximum absolute atomic E-state index is 12.5. The van der Waals surface area contributed by atoms with Crippen molar-refractivity contribution in [3.8, 4) is 6.07 Å². The largest absolute Gasteiger partial charge is 0.301 e. The molecule has 0 fully saturated rings. The Hall–Kier alpha value is -1.87. The van der Waals surface area contributed by atoms with Crippen molar-refractivity contribution in [1.82, 2.24) is 4.57 Å². The van der Waals surface area contributed by atoms with Crippen molar-refractivity contribution in [1.29, 1.82) is 5.26 Å². The summed E-state index contributed by atoms with van der Waals surface area (Å²) in [5, 5.41) is 10.2. The Bertz CT molecular complexity index is 1070. The number of carbonyl (C=O) groups excluding carboxylic acids is 1. The van der Waals surface area contributed by atoms with Crippen LogP contribution in [0.25, 0.3) is 11.6 Å². The normalized spacial score (nSPS) is 13.6. The summed E-state index contributed by atoms with van der Waals surface area (Å²) in [6, 6.07) is 6.98. The van der Waals surface area contributed by atoms with Crippen LogP contribution in [0.1, 0.15) is 26.3 Å². The Morgan fingerprint density at radius 2 is 1.92 bits per heavy atom. The number of nitrogens with zero attached hydrogens (tertiary/aromatic N) is 2. The van der Waals surface area contributed by atoms with Crippen LogP contribution in [0, 0.1) is 16.7 Å². The molecule has 0 unspecified atom stereocenters. The highest BCUT2D eigenvalue weighted by Gasteiger charge is 2.26. The Balaban J connectivity index is 2.76. The number of hydrogen-bond donors (Lipinski definition) is 0. The van der Waals surface area contributed by atoms with Gasteiger partial charge in [-0.2, -0.15) is 5.26 Å². The van der Waals surface area contributed by atoms with Gasteiger partial charge in [0.05, 0.1) is 14.6 Å². The van der Waals surface area contributed by atoms with Gasteiger partial charge in [-0.05, 0) is 23.8 Å². The lowest BCUT2D eigenvalue weighted by molar-refractivity contribution is -0.120. The van der Waals surface area contributed by atoms with Gasteiger partial charge >= 0.3 is 0 Å². The van der Waals surface area contributed by atoms with Gasteiger partial charge < -0.3 is 4.57 Å². The highest BCUT2D eigenvalue weighted by Crippen LogP contribution is 2.23. The quantitative estimate of drug-likeness (QED) is 0.786. The SMILES string of the molecule is Cn1c(=O)/c(=C\c2ccc(Cl)c(Cl)c2)s/c1=C(/C#N)C(=O)C(C)(C)C. The fourth-order valence-electron chi connectivity index (χ4n) is 2.11. The van der Waals surface area contributed by atoms with Crippen molar-refractivity contribution >= 4 is 52.0 Å². The summed E-state index contributed by atoms with van der Waals surface area (Å²) in [4.78, 5) is 25.0. The molecule has 0 amide bonds. The molecule has 0 aliphatic carbocycles. The van der Waals surface area contributed by atoms with E-state index in [-0.39, 0.29) is 16.9 Å². The Morgan fingerprint density at radius 3 is 2.44 bits per heavy atom. The standard InChI is InChI=1S/C18H16Cl2N2O2S/c1-18(2,3)15(23)11(9-21)17-22(4)16(24)14(25-17)8-10-5-6-12(19)13(20)7-10/h5-8H,1-4H3/b14-8+,17-11-. The predicted molar refractivity (Wildman–Crippen MR) is 102 cm³/mol. The van der Waals surface area contributed by atoms with Crippen molar-refractivity contribution in [2.24, 2.45) is 12.5 Å². The lowest BCUT2D eigenvalue weighted by atomic mass is 9.87. The van der Waals surface area contributed by atoms with Crippen LogP contribution in [0.2, 0.25) is 10.0 Å². The highest BCUT2D eigenvalue weighted by atomic mass is 35.5. The van der Waals surface area contributed by atoms with E-state index in [0.29, 0.717) is 24.8 Å². The molecule has 0 saturated carbocycles. The summed E-state index contributed by atoms with van der Waals surface area (Å²) < 4.78 is 2.08. The van der Waals surface area contributed by atoms with Gasteiger partial charge in [0.1, 0.15) is 16.3 Å². The highest BCUT2D eigenvalue weighted by molar-refractivity contribution is 7.07. The number of carbonyl (C=O) groups is 1. The van der Waals surface area contributed by atoms with E-state index >= 15 is 0 Å². The van der Waals surface area contributed by atoms with Crippen molar-refractivity contribution in [2.75, 3.05) is 0 Å². The van der Waals surface area contributed by atoms with Crippen LogP contribution in [0.15, 0.2) is 23.0 Å². The summed E-state index contributed by atoms with van der Waals surface area (Å²) in [7, 11) is 1.55. The molecule has 0 aliphatic rings. The summed E-state index contributed by atoms with van der Waals surface area (Å²) >= 11 is 13.0. The number of thiazole rings is 1. The van der Waals surface area contributed by atoms with Crippen molar-refractivity contribution in [2.45, 2.75) is 20.8 Å². The third-order valence-electron chi connectivity index (χ3n) is 3.50. The minimum absolute atomic E-state index is 0.00844.